The number of rotatable bonds is 5. The number of methoxy groups -OCH3 is 1. The smallest absolute Gasteiger partial charge is 0.255 e. The molecule has 0 unspecified atom stereocenters. The molecule has 0 aliphatic carbocycles. The van der Waals surface area contributed by atoms with Gasteiger partial charge in [0.15, 0.2) is 0 Å². The van der Waals surface area contributed by atoms with E-state index in [1.165, 1.54) is 17.5 Å². The number of anilines is 1. The molecule has 1 amide bonds. The van der Waals surface area contributed by atoms with Crippen molar-refractivity contribution in [1.29, 1.82) is 0 Å². The van der Waals surface area contributed by atoms with Crippen LogP contribution in [-0.4, -0.2) is 38.8 Å². The van der Waals surface area contributed by atoms with E-state index in [9.17, 15) is 13.2 Å². The molecule has 0 radical (unpaired) electrons. The van der Waals surface area contributed by atoms with Crippen LogP contribution in [0.3, 0.4) is 0 Å². The van der Waals surface area contributed by atoms with Gasteiger partial charge in [0.1, 0.15) is 10.6 Å². The Morgan fingerprint density at radius 2 is 1.72 bits per heavy atom. The highest BCUT2D eigenvalue weighted by Gasteiger charge is 2.29. The van der Waals surface area contributed by atoms with Crippen molar-refractivity contribution in [3.05, 3.63) is 53.1 Å². The molecule has 1 aliphatic rings. The van der Waals surface area contributed by atoms with Gasteiger partial charge in [0.05, 0.1) is 7.11 Å². The maximum atomic E-state index is 13.3. The highest BCUT2D eigenvalue weighted by molar-refractivity contribution is 7.89. The number of nitrogens with one attached hydrogen (secondary N) is 1. The van der Waals surface area contributed by atoms with E-state index in [0.29, 0.717) is 18.8 Å². The van der Waals surface area contributed by atoms with Gasteiger partial charge in [-0.1, -0.05) is 25.0 Å². The van der Waals surface area contributed by atoms with Gasteiger partial charge < -0.3 is 10.1 Å². The number of carbonyl (C=O) groups excluding carboxylic acids is 1. The third-order valence-corrected chi connectivity index (χ3v) is 7.38. The summed E-state index contributed by atoms with van der Waals surface area (Å²) < 4.78 is 33.3. The van der Waals surface area contributed by atoms with Gasteiger partial charge in [-0.2, -0.15) is 4.31 Å². The lowest BCUT2D eigenvalue weighted by Gasteiger charge is -2.21. The minimum Gasteiger partial charge on any atom is -0.495 e. The Balaban J connectivity index is 1.94. The van der Waals surface area contributed by atoms with Crippen LogP contribution in [0.5, 0.6) is 5.75 Å². The van der Waals surface area contributed by atoms with E-state index in [-0.39, 0.29) is 22.1 Å². The van der Waals surface area contributed by atoms with Crippen LogP contribution in [0.1, 0.15) is 47.2 Å². The average molecular weight is 417 g/mol. The highest BCUT2D eigenvalue weighted by atomic mass is 32.2. The number of nitrogens with zero attached hydrogens (tertiary/aromatic N) is 1. The van der Waals surface area contributed by atoms with Crippen LogP contribution >= 0.6 is 0 Å². The molecule has 1 aliphatic heterocycles. The summed E-state index contributed by atoms with van der Waals surface area (Å²) in [5.41, 5.74) is 3.04. The molecule has 1 fully saturated rings. The molecule has 29 heavy (non-hydrogen) atoms. The lowest BCUT2D eigenvalue weighted by atomic mass is 10.1. The van der Waals surface area contributed by atoms with Crippen LogP contribution in [0.2, 0.25) is 0 Å². The van der Waals surface area contributed by atoms with Crippen molar-refractivity contribution in [2.45, 2.75) is 44.4 Å². The quantitative estimate of drug-likeness (QED) is 0.795. The molecule has 1 saturated heterocycles. The second-order valence-electron chi connectivity index (χ2n) is 7.39. The maximum absolute atomic E-state index is 13.3. The summed E-state index contributed by atoms with van der Waals surface area (Å²) in [6.45, 7) is 4.90. The molecule has 6 nitrogen and oxygen atoms in total. The summed E-state index contributed by atoms with van der Waals surface area (Å²) in [6.07, 6.45) is 3.74. The van der Waals surface area contributed by atoms with E-state index in [0.717, 1.165) is 36.8 Å². The molecular weight excluding hydrogens is 388 g/mol. The monoisotopic (exact) mass is 416 g/mol. The molecule has 1 N–H and O–H groups in total. The lowest BCUT2D eigenvalue weighted by molar-refractivity contribution is 0.102. The Hall–Kier alpha value is -2.38. The predicted octanol–water partition coefficient (Wildman–Crippen LogP) is 4.13. The molecular formula is C22H28N2O4S. The van der Waals surface area contributed by atoms with E-state index in [1.54, 1.807) is 12.1 Å². The van der Waals surface area contributed by atoms with Crippen molar-refractivity contribution in [1.82, 2.24) is 4.31 Å². The van der Waals surface area contributed by atoms with Gasteiger partial charge in [-0.3, -0.25) is 4.79 Å². The normalized spacial score (nSPS) is 15.6. The summed E-state index contributed by atoms with van der Waals surface area (Å²) in [5.74, 6) is -0.105. The van der Waals surface area contributed by atoms with Crippen LogP contribution in [0.4, 0.5) is 5.69 Å². The molecule has 7 heteroatoms. The van der Waals surface area contributed by atoms with E-state index in [1.807, 2.05) is 32.0 Å². The topological polar surface area (TPSA) is 75.7 Å². The fourth-order valence-electron chi connectivity index (χ4n) is 3.52. The molecule has 1 heterocycles. The number of aryl methyl sites for hydroxylation is 1. The Labute approximate surface area is 172 Å². The number of ether oxygens (including phenoxy) is 1. The SMILES string of the molecule is COc1ccc(C(=O)Nc2cccc(C)c2C)cc1S(=O)(=O)N1CCCCCC1. The number of amides is 1. The second-order valence-corrected chi connectivity index (χ2v) is 9.29. The first kappa shape index (κ1) is 21.3. The Bertz CT molecular complexity index is 994. The number of hydrogen-bond acceptors (Lipinski definition) is 4. The minimum atomic E-state index is -3.74. The average Bonchev–Trinajstić information content (AvgIpc) is 3.01. The largest absolute Gasteiger partial charge is 0.495 e. The zero-order valence-electron chi connectivity index (χ0n) is 17.2. The summed E-state index contributed by atoms with van der Waals surface area (Å²) >= 11 is 0. The van der Waals surface area contributed by atoms with Crippen molar-refractivity contribution >= 4 is 21.6 Å². The first-order valence-electron chi connectivity index (χ1n) is 9.90. The predicted molar refractivity (Wildman–Crippen MR) is 114 cm³/mol. The first-order chi connectivity index (χ1) is 13.8. The lowest BCUT2D eigenvalue weighted by Crippen LogP contribution is -2.32. The summed E-state index contributed by atoms with van der Waals surface area (Å²) in [7, 11) is -2.31. The maximum Gasteiger partial charge on any atom is 0.255 e. The Morgan fingerprint density at radius 1 is 1.03 bits per heavy atom. The number of hydrogen-bond donors (Lipinski definition) is 1. The zero-order chi connectivity index (χ0) is 21.0. The van der Waals surface area contributed by atoms with Crippen molar-refractivity contribution in [3.8, 4) is 5.75 Å². The van der Waals surface area contributed by atoms with E-state index >= 15 is 0 Å². The molecule has 0 aromatic heterocycles. The third-order valence-electron chi connectivity index (χ3n) is 5.46. The second kappa shape index (κ2) is 8.97. The Kier molecular flexibility index (Phi) is 6.59. The molecule has 156 valence electrons. The van der Waals surface area contributed by atoms with Gasteiger partial charge >= 0.3 is 0 Å². The van der Waals surface area contributed by atoms with Crippen LogP contribution in [0.25, 0.3) is 0 Å². The molecule has 0 bridgehead atoms. The molecule has 0 spiro atoms. The molecule has 0 saturated carbocycles. The van der Waals surface area contributed by atoms with Crippen LogP contribution in [0.15, 0.2) is 41.3 Å². The number of sulfonamides is 1. The Morgan fingerprint density at radius 3 is 2.38 bits per heavy atom. The fraction of sp³-hybridized carbons (Fsp3) is 0.409. The molecule has 0 atom stereocenters. The molecule has 2 aromatic carbocycles. The summed E-state index contributed by atoms with van der Waals surface area (Å²) in [6, 6.07) is 10.2. The highest BCUT2D eigenvalue weighted by Crippen LogP contribution is 2.30. The van der Waals surface area contributed by atoms with Crippen LogP contribution < -0.4 is 10.1 Å². The zero-order valence-corrected chi connectivity index (χ0v) is 18.0. The van der Waals surface area contributed by atoms with E-state index < -0.39 is 10.0 Å². The van der Waals surface area contributed by atoms with Gasteiger partial charge in [-0.25, -0.2) is 8.42 Å². The standard InChI is InChI=1S/C22H28N2O4S/c1-16-9-8-10-19(17(16)2)23-22(25)18-11-12-20(28-3)21(15-18)29(26,27)24-13-6-4-5-7-14-24/h8-12,15H,4-7,13-14H2,1-3H3,(H,23,25). The third kappa shape index (κ3) is 4.62. The molecule has 2 aromatic rings. The molecule has 3 rings (SSSR count). The van der Waals surface area contributed by atoms with Gasteiger partial charge in [0.2, 0.25) is 10.0 Å². The van der Waals surface area contributed by atoms with Crippen molar-refractivity contribution in [3.63, 3.8) is 0 Å². The van der Waals surface area contributed by atoms with Gasteiger partial charge in [-0.05, 0) is 62.1 Å². The van der Waals surface area contributed by atoms with Crippen molar-refractivity contribution < 1.29 is 17.9 Å². The number of benzene rings is 2. The van der Waals surface area contributed by atoms with Gasteiger partial charge in [-0.15, -0.1) is 0 Å². The van der Waals surface area contributed by atoms with Crippen LogP contribution in [0, 0.1) is 13.8 Å². The van der Waals surface area contributed by atoms with Gasteiger partial charge in [0, 0.05) is 24.3 Å². The summed E-state index contributed by atoms with van der Waals surface area (Å²) in [5, 5.41) is 2.88. The van der Waals surface area contributed by atoms with E-state index in [2.05, 4.69) is 5.32 Å². The van der Waals surface area contributed by atoms with Gasteiger partial charge in [0.25, 0.3) is 5.91 Å². The summed E-state index contributed by atoms with van der Waals surface area (Å²) in [4.78, 5) is 12.9. The minimum absolute atomic E-state index is 0.0375. The first-order valence-corrected chi connectivity index (χ1v) is 11.3. The number of carbonyl (C=O) groups is 1. The fourth-order valence-corrected chi connectivity index (χ4v) is 5.22. The van der Waals surface area contributed by atoms with Crippen molar-refractivity contribution in [2.24, 2.45) is 0 Å². The van der Waals surface area contributed by atoms with Crippen molar-refractivity contribution in [2.75, 3.05) is 25.5 Å². The van der Waals surface area contributed by atoms with Crippen LogP contribution in [-0.2, 0) is 10.0 Å². The van der Waals surface area contributed by atoms with E-state index in [4.69, 9.17) is 4.74 Å².